The minimum atomic E-state index is -0.528. The summed E-state index contributed by atoms with van der Waals surface area (Å²) in [6, 6.07) is 7.24. The normalized spacial score (nSPS) is 10.3. The predicted molar refractivity (Wildman–Crippen MR) is 110 cm³/mol. The monoisotopic (exact) mass is 403 g/mol. The van der Waals surface area contributed by atoms with Gasteiger partial charge in [0.2, 0.25) is 11.8 Å². The summed E-state index contributed by atoms with van der Waals surface area (Å²) < 4.78 is 0. The van der Waals surface area contributed by atoms with Crippen molar-refractivity contribution >= 4 is 34.3 Å². The molecule has 1 heterocycles. The van der Waals surface area contributed by atoms with Crippen LogP contribution in [0.4, 0.5) is 9.93 Å². The topological polar surface area (TPSA) is 126 Å². The molecule has 28 heavy (non-hydrogen) atoms. The zero-order valence-corrected chi connectivity index (χ0v) is 16.6. The van der Waals surface area contributed by atoms with Crippen molar-refractivity contribution in [1.82, 2.24) is 15.6 Å². The molecule has 2 aromatic rings. The average Bonchev–Trinajstić information content (AvgIpc) is 3.11. The van der Waals surface area contributed by atoms with Crippen molar-refractivity contribution < 1.29 is 14.4 Å². The quantitative estimate of drug-likeness (QED) is 0.455. The Morgan fingerprint density at radius 2 is 1.82 bits per heavy atom. The Kier molecular flexibility index (Phi) is 8.41. The Bertz CT molecular complexity index is 804. The number of anilines is 1. The molecule has 0 atom stereocenters. The number of primary amides is 1. The number of nitrogens with zero attached hydrogens (tertiary/aromatic N) is 1. The molecule has 2 rings (SSSR count). The molecule has 0 bridgehead atoms. The summed E-state index contributed by atoms with van der Waals surface area (Å²) in [7, 11) is 0. The number of nitrogens with two attached hydrogens (primary N) is 1. The molecule has 9 heteroatoms. The van der Waals surface area contributed by atoms with Gasteiger partial charge in [0, 0.05) is 37.4 Å². The Balaban J connectivity index is 1.76. The molecule has 0 spiro atoms. The van der Waals surface area contributed by atoms with Crippen LogP contribution in [0.15, 0.2) is 29.6 Å². The van der Waals surface area contributed by atoms with E-state index in [-0.39, 0.29) is 11.8 Å². The number of carbonyl (C=O) groups excluding carboxylic acids is 3. The molecule has 0 fully saturated rings. The predicted octanol–water partition coefficient (Wildman–Crippen LogP) is 2.61. The molecule has 150 valence electrons. The lowest BCUT2D eigenvalue weighted by Gasteiger charge is -2.04. The number of amides is 4. The molecule has 0 radical (unpaired) electrons. The third-order valence-corrected chi connectivity index (χ3v) is 4.68. The number of urea groups is 1. The first-order valence-corrected chi connectivity index (χ1v) is 9.94. The Morgan fingerprint density at radius 3 is 2.50 bits per heavy atom. The number of aromatic nitrogens is 1. The van der Waals surface area contributed by atoms with Crippen molar-refractivity contribution in [2.75, 3.05) is 11.9 Å². The van der Waals surface area contributed by atoms with Crippen molar-refractivity contribution in [3.63, 3.8) is 0 Å². The molecular weight excluding hydrogens is 378 g/mol. The maximum Gasteiger partial charge on any atom is 0.312 e. The van der Waals surface area contributed by atoms with Gasteiger partial charge in [-0.2, -0.15) is 0 Å². The maximum absolute atomic E-state index is 12.0. The van der Waals surface area contributed by atoms with Gasteiger partial charge in [-0.1, -0.05) is 30.7 Å². The van der Waals surface area contributed by atoms with E-state index in [1.807, 2.05) is 29.6 Å². The fourth-order valence-electron chi connectivity index (χ4n) is 2.46. The summed E-state index contributed by atoms with van der Waals surface area (Å²) >= 11 is 1.38. The number of nitrogens with one attached hydrogen (secondary N) is 3. The van der Waals surface area contributed by atoms with Gasteiger partial charge >= 0.3 is 6.03 Å². The van der Waals surface area contributed by atoms with E-state index in [9.17, 15) is 14.4 Å². The van der Waals surface area contributed by atoms with Crippen LogP contribution in [-0.2, 0) is 16.1 Å². The van der Waals surface area contributed by atoms with Gasteiger partial charge in [0.1, 0.15) is 0 Å². The van der Waals surface area contributed by atoms with E-state index in [1.54, 1.807) is 0 Å². The van der Waals surface area contributed by atoms with Crippen molar-refractivity contribution in [3.8, 4) is 11.3 Å². The lowest BCUT2D eigenvalue weighted by molar-refractivity contribution is -0.119. The minimum absolute atomic E-state index is 0.0636. The molecular formula is C19H25N5O3S. The second-order valence-corrected chi connectivity index (χ2v) is 7.15. The Labute approximate surface area is 167 Å². The minimum Gasteiger partial charge on any atom is -0.352 e. The molecule has 0 aliphatic carbocycles. The summed E-state index contributed by atoms with van der Waals surface area (Å²) in [5.41, 5.74) is 7.73. The molecule has 5 N–H and O–H groups in total. The van der Waals surface area contributed by atoms with Crippen LogP contribution >= 0.6 is 11.3 Å². The summed E-state index contributed by atoms with van der Waals surface area (Å²) in [5.74, 6) is -0.138. The number of hydrogen-bond donors (Lipinski definition) is 4. The van der Waals surface area contributed by atoms with E-state index >= 15 is 0 Å². The Hall–Kier alpha value is -2.94. The molecule has 0 saturated carbocycles. The summed E-state index contributed by atoms with van der Waals surface area (Å²) in [6.45, 7) is 2.50. The van der Waals surface area contributed by atoms with Crippen LogP contribution in [0.3, 0.4) is 0 Å². The van der Waals surface area contributed by atoms with Crippen LogP contribution < -0.4 is 21.7 Å². The fourth-order valence-corrected chi connectivity index (χ4v) is 3.20. The van der Waals surface area contributed by atoms with Gasteiger partial charge < -0.3 is 21.7 Å². The number of carbonyl (C=O) groups is 3. The number of unbranched alkanes of at least 4 members (excludes halogenated alkanes) is 2. The zero-order valence-electron chi connectivity index (χ0n) is 15.8. The summed E-state index contributed by atoms with van der Waals surface area (Å²) in [4.78, 5) is 38.0. The SMILES string of the molecule is CC(=O)NCc1ccc(-c2csc(NC(=O)CCCCCNC(N)=O)n2)cc1. The number of thiazole rings is 1. The van der Waals surface area contributed by atoms with Gasteiger partial charge in [0.05, 0.1) is 5.69 Å². The first-order chi connectivity index (χ1) is 13.4. The van der Waals surface area contributed by atoms with Crippen LogP contribution in [-0.4, -0.2) is 29.4 Å². The standard InChI is InChI=1S/C19H25N5O3S/c1-13(25)22-11-14-6-8-15(9-7-14)16-12-28-19(23-16)24-17(26)5-3-2-4-10-21-18(20)27/h6-9,12H,2-5,10-11H2,1H3,(H,22,25)(H3,20,21,27)(H,23,24,26). The van der Waals surface area contributed by atoms with E-state index in [1.165, 1.54) is 18.3 Å². The smallest absolute Gasteiger partial charge is 0.312 e. The van der Waals surface area contributed by atoms with Gasteiger partial charge in [-0.25, -0.2) is 9.78 Å². The first kappa shape index (κ1) is 21.4. The highest BCUT2D eigenvalue weighted by Gasteiger charge is 2.08. The largest absolute Gasteiger partial charge is 0.352 e. The maximum atomic E-state index is 12.0. The van der Waals surface area contributed by atoms with E-state index in [4.69, 9.17) is 5.73 Å². The molecule has 8 nitrogen and oxygen atoms in total. The van der Waals surface area contributed by atoms with Crippen LogP contribution in [0.1, 0.15) is 38.2 Å². The van der Waals surface area contributed by atoms with Gasteiger partial charge in [0.15, 0.2) is 5.13 Å². The van der Waals surface area contributed by atoms with E-state index in [0.717, 1.165) is 36.1 Å². The van der Waals surface area contributed by atoms with E-state index in [0.29, 0.717) is 24.6 Å². The third-order valence-electron chi connectivity index (χ3n) is 3.92. The second kappa shape index (κ2) is 11.0. The average molecular weight is 404 g/mol. The molecule has 0 saturated heterocycles. The van der Waals surface area contributed by atoms with Crippen molar-refractivity contribution in [2.45, 2.75) is 39.2 Å². The molecule has 1 aromatic heterocycles. The van der Waals surface area contributed by atoms with E-state index < -0.39 is 6.03 Å². The zero-order chi connectivity index (χ0) is 20.4. The highest BCUT2D eigenvalue weighted by molar-refractivity contribution is 7.14. The van der Waals surface area contributed by atoms with Gasteiger partial charge in [-0.15, -0.1) is 11.3 Å². The Morgan fingerprint density at radius 1 is 1.07 bits per heavy atom. The van der Waals surface area contributed by atoms with Crippen LogP contribution in [0, 0.1) is 0 Å². The molecule has 0 aliphatic heterocycles. The summed E-state index contributed by atoms with van der Waals surface area (Å²) in [6.07, 6.45) is 2.76. The highest BCUT2D eigenvalue weighted by atomic mass is 32.1. The van der Waals surface area contributed by atoms with Crippen molar-refractivity contribution in [1.29, 1.82) is 0 Å². The van der Waals surface area contributed by atoms with Crippen LogP contribution in [0.5, 0.6) is 0 Å². The number of rotatable bonds is 10. The first-order valence-electron chi connectivity index (χ1n) is 9.06. The van der Waals surface area contributed by atoms with Crippen LogP contribution in [0.25, 0.3) is 11.3 Å². The van der Waals surface area contributed by atoms with Gasteiger partial charge in [-0.3, -0.25) is 9.59 Å². The second-order valence-electron chi connectivity index (χ2n) is 6.29. The number of benzene rings is 1. The lowest BCUT2D eigenvalue weighted by Crippen LogP contribution is -2.29. The fraction of sp³-hybridized carbons (Fsp3) is 0.368. The molecule has 4 amide bonds. The number of hydrogen-bond acceptors (Lipinski definition) is 5. The third kappa shape index (κ3) is 7.75. The van der Waals surface area contributed by atoms with Crippen LogP contribution in [0.2, 0.25) is 0 Å². The van der Waals surface area contributed by atoms with Gasteiger partial charge in [0.25, 0.3) is 0 Å². The van der Waals surface area contributed by atoms with Gasteiger partial charge in [-0.05, 0) is 18.4 Å². The molecule has 0 aliphatic rings. The highest BCUT2D eigenvalue weighted by Crippen LogP contribution is 2.25. The molecule has 1 aromatic carbocycles. The molecule has 0 unspecified atom stereocenters. The lowest BCUT2D eigenvalue weighted by atomic mass is 10.1. The summed E-state index contributed by atoms with van der Waals surface area (Å²) in [5, 5.41) is 10.6. The van der Waals surface area contributed by atoms with Crippen molar-refractivity contribution in [3.05, 3.63) is 35.2 Å². The van der Waals surface area contributed by atoms with E-state index in [2.05, 4.69) is 20.9 Å². The van der Waals surface area contributed by atoms with Crippen molar-refractivity contribution in [2.24, 2.45) is 5.73 Å².